The van der Waals surface area contributed by atoms with Crippen molar-refractivity contribution >= 4 is 40.0 Å². The van der Waals surface area contributed by atoms with Crippen LogP contribution in [0, 0.1) is 0 Å². The zero-order valence-electron chi connectivity index (χ0n) is 15.5. The summed E-state index contributed by atoms with van der Waals surface area (Å²) >= 11 is 6.23. The molecule has 1 saturated heterocycles. The van der Waals surface area contributed by atoms with Crippen LogP contribution < -0.4 is 4.90 Å². The van der Waals surface area contributed by atoms with Gasteiger partial charge in [0, 0.05) is 32.4 Å². The van der Waals surface area contributed by atoms with Crippen molar-refractivity contribution in [3.8, 4) is 0 Å². The first-order valence-electron chi connectivity index (χ1n) is 8.84. The maximum atomic E-state index is 12.4. The molecule has 1 aliphatic heterocycles. The van der Waals surface area contributed by atoms with E-state index in [1.54, 1.807) is 29.2 Å². The molecule has 0 spiro atoms. The second kappa shape index (κ2) is 9.21. The van der Waals surface area contributed by atoms with Crippen molar-refractivity contribution in [3.63, 3.8) is 0 Å². The summed E-state index contributed by atoms with van der Waals surface area (Å²) < 4.78 is 16.9. The fraction of sp³-hybridized carbons (Fsp3) is 0.300. The van der Waals surface area contributed by atoms with Gasteiger partial charge in [0.2, 0.25) is 0 Å². The van der Waals surface area contributed by atoms with Crippen molar-refractivity contribution in [2.24, 2.45) is 0 Å². The zero-order chi connectivity index (χ0) is 20.1. The van der Waals surface area contributed by atoms with E-state index in [4.69, 9.17) is 16.3 Å². The molecule has 8 heteroatoms. The van der Waals surface area contributed by atoms with Gasteiger partial charge in [0.1, 0.15) is 0 Å². The molecule has 0 bridgehead atoms. The van der Waals surface area contributed by atoms with Gasteiger partial charge in [-0.2, -0.15) is 0 Å². The number of carbonyl (C=O) groups is 2. The molecule has 148 valence electrons. The number of para-hydroxylation sites is 1. The molecule has 3 rings (SSSR count). The van der Waals surface area contributed by atoms with Gasteiger partial charge in [-0.25, -0.2) is 4.79 Å². The van der Waals surface area contributed by atoms with Gasteiger partial charge < -0.3 is 14.5 Å². The largest absolute Gasteiger partial charge is 0.452 e. The number of amides is 1. The Kier molecular flexibility index (Phi) is 6.70. The summed E-state index contributed by atoms with van der Waals surface area (Å²) in [5.74, 6) is -0.892. The third-order valence-electron chi connectivity index (χ3n) is 4.57. The predicted molar refractivity (Wildman–Crippen MR) is 109 cm³/mol. The third-order valence-corrected chi connectivity index (χ3v) is 5.86. The molecular formula is C20H21ClN2O4S. The SMILES string of the molecule is C[S@@](=O)c1ccccc1C(=O)OCC(=O)N1CCN(c2ccccc2Cl)CC1. The van der Waals surface area contributed by atoms with Crippen molar-refractivity contribution in [3.05, 3.63) is 59.1 Å². The number of rotatable bonds is 5. The summed E-state index contributed by atoms with van der Waals surface area (Å²) in [6, 6.07) is 14.1. The van der Waals surface area contributed by atoms with Crippen LogP contribution in [0.2, 0.25) is 5.02 Å². The first kappa shape index (κ1) is 20.4. The molecule has 0 unspecified atom stereocenters. The number of carbonyl (C=O) groups excluding carboxylic acids is 2. The molecule has 2 aromatic rings. The van der Waals surface area contributed by atoms with Gasteiger partial charge in [-0.3, -0.25) is 9.00 Å². The van der Waals surface area contributed by atoms with E-state index in [9.17, 15) is 13.8 Å². The Hall–Kier alpha value is -2.38. The second-order valence-electron chi connectivity index (χ2n) is 6.35. The number of halogens is 1. The summed E-state index contributed by atoms with van der Waals surface area (Å²) in [5.41, 5.74) is 1.17. The van der Waals surface area contributed by atoms with Crippen LogP contribution >= 0.6 is 11.6 Å². The maximum Gasteiger partial charge on any atom is 0.339 e. The van der Waals surface area contributed by atoms with Crippen molar-refractivity contribution in [2.75, 3.05) is 43.9 Å². The van der Waals surface area contributed by atoms with E-state index < -0.39 is 16.8 Å². The van der Waals surface area contributed by atoms with Crippen LogP contribution in [0.25, 0.3) is 0 Å². The summed E-state index contributed by atoms with van der Waals surface area (Å²) in [7, 11) is -1.32. The highest BCUT2D eigenvalue weighted by atomic mass is 35.5. The van der Waals surface area contributed by atoms with Crippen LogP contribution in [0.1, 0.15) is 10.4 Å². The van der Waals surface area contributed by atoms with Gasteiger partial charge in [-0.15, -0.1) is 0 Å². The highest BCUT2D eigenvalue weighted by Gasteiger charge is 2.24. The van der Waals surface area contributed by atoms with Gasteiger partial charge in [0.15, 0.2) is 6.61 Å². The lowest BCUT2D eigenvalue weighted by Gasteiger charge is -2.36. The standard InChI is InChI=1S/C20H21ClN2O4S/c1-28(26)18-9-5-2-6-15(18)20(25)27-14-19(24)23-12-10-22(11-13-23)17-8-4-3-7-16(17)21/h2-9H,10-14H2,1H3/t28-/m1/s1. The summed E-state index contributed by atoms with van der Waals surface area (Å²) in [6.45, 7) is 2.02. The molecule has 0 radical (unpaired) electrons. The lowest BCUT2D eigenvalue weighted by molar-refractivity contribution is -0.134. The van der Waals surface area contributed by atoms with Crippen molar-refractivity contribution < 1.29 is 18.5 Å². The fourth-order valence-corrected chi connectivity index (χ4v) is 4.07. The minimum Gasteiger partial charge on any atom is -0.452 e. The molecule has 0 saturated carbocycles. The van der Waals surface area contributed by atoms with E-state index in [2.05, 4.69) is 4.90 Å². The topological polar surface area (TPSA) is 66.9 Å². The lowest BCUT2D eigenvalue weighted by Crippen LogP contribution is -2.50. The molecule has 1 atom stereocenters. The number of nitrogens with zero attached hydrogens (tertiary/aromatic N) is 2. The maximum absolute atomic E-state index is 12.4. The molecule has 1 amide bonds. The molecule has 1 aliphatic rings. The van der Waals surface area contributed by atoms with Crippen LogP contribution in [-0.4, -0.2) is 60.0 Å². The molecule has 2 aromatic carbocycles. The molecular weight excluding hydrogens is 400 g/mol. The van der Waals surface area contributed by atoms with Crippen LogP contribution in [-0.2, 0) is 20.3 Å². The van der Waals surface area contributed by atoms with Gasteiger partial charge in [0.25, 0.3) is 5.91 Å². The van der Waals surface area contributed by atoms with Crippen LogP contribution in [0.4, 0.5) is 5.69 Å². The van der Waals surface area contributed by atoms with Gasteiger partial charge in [-0.1, -0.05) is 35.9 Å². The number of hydrogen-bond acceptors (Lipinski definition) is 5. The van der Waals surface area contributed by atoms with Crippen LogP contribution in [0.15, 0.2) is 53.4 Å². The Balaban J connectivity index is 1.53. The number of anilines is 1. The second-order valence-corrected chi connectivity index (χ2v) is 8.10. The normalized spacial score (nSPS) is 15.2. The number of hydrogen-bond donors (Lipinski definition) is 0. The third kappa shape index (κ3) is 4.72. The van der Waals surface area contributed by atoms with E-state index in [0.717, 1.165) is 5.69 Å². The predicted octanol–water partition coefficient (Wildman–Crippen LogP) is 2.58. The minimum absolute atomic E-state index is 0.222. The van der Waals surface area contributed by atoms with E-state index >= 15 is 0 Å². The Morgan fingerprint density at radius 3 is 2.36 bits per heavy atom. The number of benzene rings is 2. The molecule has 0 N–H and O–H groups in total. The summed E-state index contributed by atoms with van der Waals surface area (Å²) in [6.07, 6.45) is 1.50. The van der Waals surface area contributed by atoms with Gasteiger partial charge in [0.05, 0.1) is 32.0 Å². The van der Waals surface area contributed by atoms with E-state index in [-0.39, 0.29) is 18.1 Å². The fourth-order valence-electron chi connectivity index (χ4n) is 3.09. The zero-order valence-corrected chi connectivity index (χ0v) is 17.0. The molecule has 1 fully saturated rings. The van der Waals surface area contributed by atoms with Gasteiger partial charge >= 0.3 is 5.97 Å². The highest BCUT2D eigenvalue weighted by molar-refractivity contribution is 7.84. The number of esters is 1. The van der Waals surface area contributed by atoms with Crippen molar-refractivity contribution in [2.45, 2.75) is 4.90 Å². The van der Waals surface area contributed by atoms with Gasteiger partial charge in [-0.05, 0) is 24.3 Å². The summed E-state index contributed by atoms with van der Waals surface area (Å²) in [5, 5.41) is 0.684. The Morgan fingerprint density at radius 2 is 1.68 bits per heavy atom. The molecule has 0 aromatic heterocycles. The lowest BCUT2D eigenvalue weighted by atomic mass is 10.2. The smallest absolute Gasteiger partial charge is 0.339 e. The molecule has 6 nitrogen and oxygen atoms in total. The van der Waals surface area contributed by atoms with Crippen molar-refractivity contribution in [1.29, 1.82) is 0 Å². The number of piperazine rings is 1. The van der Waals surface area contributed by atoms with Crippen LogP contribution in [0.3, 0.4) is 0 Å². The van der Waals surface area contributed by atoms with E-state index in [1.165, 1.54) is 6.26 Å². The Bertz CT molecular complexity index is 897. The average molecular weight is 421 g/mol. The van der Waals surface area contributed by atoms with E-state index in [0.29, 0.717) is 36.1 Å². The average Bonchev–Trinajstić information content (AvgIpc) is 2.72. The van der Waals surface area contributed by atoms with Crippen molar-refractivity contribution in [1.82, 2.24) is 4.90 Å². The highest BCUT2D eigenvalue weighted by Crippen LogP contribution is 2.26. The Labute approximate surface area is 171 Å². The monoisotopic (exact) mass is 420 g/mol. The quantitative estimate of drug-likeness (QED) is 0.695. The number of ether oxygens (including phenoxy) is 1. The van der Waals surface area contributed by atoms with E-state index in [1.807, 2.05) is 24.3 Å². The first-order chi connectivity index (χ1) is 13.5. The molecule has 1 heterocycles. The minimum atomic E-state index is -1.32. The molecule has 0 aliphatic carbocycles. The molecule has 28 heavy (non-hydrogen) atoms. The Morgan fingerprint density at radius 1 is 1.04 bits per heavy atom. The first-order valence-corrected chi connectivity index (χ1v) is 10.8. The van der Waals surface area contributed by atoms with Crippen LogP contribution in [0.5, 0.6) is 0 Å². The summed E-state index contributed by atoms with van der Waals surface area (Å²) in [4.78, 5) is 28.9.